The Balaban J connectivity index is 2.42. The Kier molecular flexibility index (Phi) is 2.06. The minimum atomic E-state index is -0.282. The Hall–Kier alpha value is -1.29. The van der Waals surface area contributed by atoms with Crippen LogP contribution in [0.2, 0.25) is 0 Å². The van der Waals surface area contributed by atoms with E-state index in [1.165, 1.54) is 0 Å². The average Bonchev–Trinajstić information content (AvgIpc) is 2.62. The van der Waals surface area contributed by atoms with E-state index >= 15 is 0 Å². The summed E-state index contributed by atoms with van der Waals surface area (Å²) in [5.41, 5.74) is 0.554. The summed E-state index contributed by atoms with van der Waals surface area (Å²) in [7, 11) is 0. The van der Waals surface area contributed by atoms with Gasteiger partial charge in [0.25, 0.3) is 0 Å². The highest BCUT2D eigenvalue weighted by Gasteiger charge is 2.12. The van der Waals surface area contributed by atoms with Crippen molar-refractivity contribution in [3.63, 3.8) is 0 Å². The maximum atomic E-state index is 11.4. The van der Waals surface area contributed by atoms with Gasteiger partial charge in [-0.2, -0.15) is 0 Å². The molecule has 4 heteroatoms. The van der Waals surface area contributed by atoms with Crippen LogP contribution in [0.4, 0.5) is 0 Å². The van der Waals surface area contributed by atoms with Crippen molar-refractivity contribution >= 4 is 27.4 Å². The number of fused-ring (bicyclic) bond motifs is 1. The number of rotatable bonds is 2. The fourth-order valence-electron chi connectivity index (χ4n) is 1.23. The summed E-state index contributed by atoms with van der Waals surface area (Å²) in [6, 6.07) is 1.92. The molecule has 68 valence electrons. The van der Waals surface area contributed by atoms with E-state index in [2.05, 4.69) is 4.98 Å². The second-order valence-corrected chi connectivity index (χ2v) is 3.53. The Labute approximate surface area is 79.3 Å². The van der Waals surface area contributed by atoms with E-state index in [4.69, 9.17) is 4.74 Å². The second kappa shape index (κ2) is 3.22. The molecule has 2 aromatic rings. The molecule has 0 amide bonds. The lowest BCUT2D eigenvalue weighted by Crippen LogP contribution is -2.04. The lowest BCUT2D eigenvalue weighted by molar-refractivity contribution is 0.0522. The molecule has 0 aromatic carbocycles. The molecular formula is C9H9NO2S. The zero-order valence-corrected chi connectivity index (χ0v) is 7.98. The predicted molar refractivity (Wildman–Crippen MR) is 52.1 cm³/mol. The molecule has 0 fully saturated rings. The fraction of sp³-hybridized carbons (Fsp3) is 0.222. The van der Waals surface area contributed by atoms with Crippen LogP contribution >= 0.6 is 11.3 Å². The molecule has 0 saturated heterocycles. The number of carbonyl (C=O) groups is 1. The summed E-state index contributed by atoms with van der Waals surface area (Å²) in [5, 5.41) is 2.91. The second-order valence-electron chi connectivity index (χ2n) is 2.58. The molecule has 0 atom stereocenters. The highest BCUT2D eigenvalue weighted by atomic mass is 32.1. The summed E-state index contributed by atoms with van der Waals surface area (Å²) in [6.45, 7) is 2.20. The van der Waals surface area contributed by atoms with Gasteiger partial charge in [0.15, 0.2) is 0 Å². The number of aromatic amines is 1. The third-order valence-electron chi connectivity index (χ3n) is 1.79. The molecule has 0 saturated carbocycles. The molecule has 0 bridgehead atoms. The Morgan fingerprint density at radius 3 is 3.31 bits per heavy atom. The minimum absolute atomic E-state index is 0.282. The van der Waals surface area contributed by atoms with Crippen molar-refractivity contribution in [3.05, 3.63) is 23.3 Å². The van der Waals surface area contributed by atoms with Crippen LogP contribution in [0, 0.1) is 0 Å². The largest absolute Gasteiger partial charge is 0.461 e. The van der Waals surface area contributed by atoms with Crippen LogP contribution in [0.3, 0.4) is 0 Å². The van der Waals surface area contributed by atoms with Crippen LogP contribution in [0.1, 0.15) is 17.4 Å². The number of hydrogen-bond donors (Lipinski definition) is 1. The van der Waals surface area contributed by atoms with Gasteiger partial charge in [-0.1, -0.05) is 0 Å². The average molecular weight is 195 g/mol. The van der Waals surface area contributed by atoms with E-state index in [9.17, 15) is 4.79 Å². The van der Waals surface area contributed by atoms with E-state index in [0.717, 1.165) is 10.1 Å². The number of H-pyrrole nitrogens is 1. The van der Waals surface area contributed by atoms with Crippen molar-refractivity contribution in [2.45, 2.75) is 6.92 Å². The normalized spacial score (nSPS) is 10.5. The summed E-state index contributed by atoms with van der Waals surface area (Å²) in [5.74, 6) is -0.282. The molecule has 0 aliphatic rings. The Bertz CT molecular complexity index is 429. The van der Waals surface area contributed by atoms with Crippen molar-refractivity contribution < 1.29 is 9.53 Å². The Morgan fingerprint density at radius 1 is 1.69 bits per heavy atom. The topological polar surface area (TPSA) is 42.1 Å². The van der Waals surface area contributed by atoms with Crippen LogP contribution < -0.4 is 0 Å². The number of carbonyl (C=O) groups excluding carboxylic acids is 1. The first kappa shape index (κ1) is 8.31. The van der Waals surface area contributed by atoms with Crippen LogP contribution in [-0.2, 0) is 4.74 Å². The van der Waals surface area contributed by atoms with Gasteiger partial charge >= 0.3 is 5.97 Å². The highest BCUT2D eigenvalue weighted by Crippen LogP contribution is 2.24. The maximum absolute atomic E-state index is 11.4. The number of thiophene rings is 1. The molecule has 2 rings (SSSR count). The maximum Gasteiger partial charge on any atom is 0.355 e. The lowest BCUT2D eigenvalue weighted by Gasteiger charge is -1.97. The van der Waals surface area contributed by atoms with E-state index in [1.54, 1.807) is 18.3 Å². The van der Waals surface area contributed by atoms with Crippen LogP contribution in [-0.4, -0.2) is 17.6 Å². The van der Waals surface area contributed by atoms with Crippen molar-refractivity contribution in [1.82, 2.24) is 4.98 Å². The van der Waals surface area contributed by atoms with E-state index in [0.29, 0.717) is 12.3 Å². The summed E-state index contributed by atoms with van der Waals surface area (Å²) < 4.78 is 5.98. The summed E-state index contributed by atoms with van der Waals surface area (Å²) >= 11 is 1.60. The minimum Gasteiger partial charge on any atom is -0.461 e. The lowest BCUT2D eigenvalue weighted by atomic mass is 10.3. The molecule has 0 aliphatic heterocycles. The zero-order chi connectivity index (χ0) is 9.26. The number of ether oxygens (including phenoxy) is 1. The SMILES string of the molecule is CCOC(=O)c1[nH]cc2sccc12. The first-order chi connectivity index (χ1) is 6.33. The zero-order valence-electron chi connectivity index (χ0n) is 7.16. The van der Waals surface area contributed by atoms with E-state index < -0.39 is 0 Å². The van der Waals surface area contributed by atoms with Crippen molar-refractivity contribution in [2.75, 3.05) is 6.61 Å². The van der Waals surface area contributed by atoms with Crippen molar-refractivity contribution in [1.29, 1.82) is 0 Å². The van der Waals surface area contributed by atoms with Crippen molar-refractivity contribution in [3.8, 4) is 0 Å². The molecule has 1 N–H and O–H groups in total. The quantitative estimate of drug-likeness (QED) is 0.748. The van der Waals surface area contributed by atoms with Gasteiger partial charge < -0.3 is 9.72 Å². The third kappa shape index (κ3) is 1.33. The number of esters is 1. The van der Waals surface area contributed by atoms with Gasteiger partial charge in [-0.15, -0.1) is 11.3 Å². The summed E-state index contributed by atoms with van der Waals surface area (Å²) in [4.78, 5) is 14.3. The molecule has 2 heterocycles. The monoisotopic (exact) mass is 195 g/mol. The van der Waals surface area contributed by atoms with Gasteiger partial charge in [0.2, 0.25) is 0 Å². The van der Waals surface area contributed by atoms with Crippen LogP contribution in [0.5, 0.6) is 0 Å². The number of hydrogen-bond acceptors (Lipinski definition) is 3. The van der Waals surface area contributed by atoms with Crippen LogP contribution in [0.25, 0.3) is 10.1 Å². The van der Waals surface area contributed by atoms with Gasteiger partial charge in [0.1, 0.15) is 5.69 Å². The van der Waals surface area contributed by atoms with Gasteiger partial charge in [0.05, 0.1) is 11.3 Å². The van der Waals surface area contributed by atoms with Gasteiger partial charge in [-0.3, -0.25) is 0 Å². The molecular weight excluding hydrogens is 186 g/mol. The molecule has 3 nitrogen and oxygen atoms in total. The van der Waals surface area contributed by atoms with Gasteiger partial charge in [-0.05, 0) is 18.4 Å². The highest BCUT2D eigenvalue weighted by molar-refractivity contribution is 7.17. The fourth-order valence-corrected chi connectivity index (χ4v) is 2.00. The molecule has 2 aromatic heterocycles. The molecule has 0 radical (unpaired) electrons. The number of aromatic nitrogens is 1. The van der Waals surface area contributed by atoms with Gasteiger partial charge in [0, 0.05) is 11.6 Å². The first-order valence-corrected chi connectivity index (χ1v) is 4.92. The van der Waals surface area contributed by atoms with Crippen LogP contribution in [0.15, 0.2) is 17.6 Å². The molecule has 0 spiro atoms. The number of nitrogens with one attached hydrogen (secondary N) is 1. The molecule has 13 heavy (non-hydrogen) atoms. The van der Waals surface area contributed by atoms with E-state index in [1.807, 2.05) is 17.6 Å². The standard InChI is InChI=1S/C9H9NO2S/c1-2-12-9(11)8-6-3-4-13-7(6)5-10-8/h3-5,10H,2H2,1H3. The van der Waals surface area contributed by atoms with Gasteiger partial charge in [-0.25, -0.2) is 4.79 Å². The molecule has 0 unspecified atom stereocenters. The third-order valence-corrected chi connectivity index (χ3v) is 2.66. The van der Waals surface area contributed by atoms with E-state index in [-0.39, 0.29) is 5.97 Å². The predicted octanol–water partition coefficient (Wildman–Crippen LogP) is 2.41. The Morgan fingerprint density at radius 2 is 2.54 bits per heavy atom. The first-order valence-electron chi connectivity index (χ1n) is 4.04. The smallest absolute Gasteiger partial charge is 0.355 e. The van der Waals surface area contributed by atoms with Crippen molar-refractivity contribution in [2.24, 2.45) is 0 Å². The molecule has 0 aliphatic carbocycles. The summed E-state index contributed by atoms with van der Waals surface area (Å²) in [6.07, 6.45) is 1.83.